The Kier molecular flexibility index (Phi) is 8.47. The van der Waals surface area contributed by atoms with Gasteiger partial charge in [-0.2, -0.15) is 0 Å². The molecule has 0 spiro atoms. The molecule has 190 valence electrons. The van der Waals surface area contributed by atoms with Crippen LogP contribution in [0, 0.1) is 6.92 Å². The highest BCUT2D eigenvalue weighted by molar-refractivity contribution is 8.27. The predicted molar refractivity (Wildman–Crippen MR) is 152 cm³/mol. The highest BCUT2D eigenvalue weighted by Crippen LogP contribution is 2.38. The van der Waals surface area contributed by atoms with Crippen molar-refractivity contribution in [2.75, 3.05) is 30.5 Å². The Morgan fingerprint density at radius 1 is 1.03 bits per heavy atom. The molecule has 1 aliphatic rings. The molecule has 1 fully saturated rings. The molecule has 37 heavy (non-hydrogen) atoms. The summed E-state index contributed by atoms with van der Waals surface area (Å²) in [6.07, 6.45) is 1.77. The van der Waals surface area contributed by atoms with Gasteiger partial charge in [-0.05, 0) is 61.4 Å². The summed E-state index contributed by atoms with van der Waals surface area (Å²) in [6, 6.07) is 20.1. The fourth-order valence-corrected chi connectivity index (χ4v) is 5.00. The van der Waals surface area contributed by atoms with Crippen molar-refractivity contribution >= 4 is 57.6 Å². The third-order valence-electron chi connectivity index (χ3n) is 5.46. The van der Waals surface area contributed by atoms with Gasteiger partial charge < -0.3 is 19.5 Å². The van der Waals surface area contributed by atoms with E-state index in [4.69, 9.17) is 26.4 Å². The average molecular weight is 535 g/mol. The number of nitrogens with zero attached hydrogens (tertiary/aromatic N) is 1. The number of benzene rings is 3. The van der Waals surface area contributed by atoms with E-state index in [1.54, 1.807) is 41.3 Å². The maximum Gasteiger partial charge on any atom is 0.270 e. The van der Waals surface area contributed by atoms with E-state index in [1.165, 1.54) is 18.9 Å². The molecule has 0 unspecified atom stereocenters. The van der Waals surface area contributed by atoms with Gasteiger partial charge in [-0.3, -0.25) is 14.5 Å². The average Bonchev–Trinajstić information content (AvgIpc) is 3.17. The Morgan fingerprint density at radius 2 is 1.78 bits per heavy atom. The van der Waals surface area contributed by atoms with Crippen LogP contribution in [-0.2, 0) is 9.59 Å². The van der Waals surface area contributed by atoms with Gasteiger partial charge in [0.25, 0.3) is 11.8 Å². The summed E-state index contributed by atoms with van der Waals surface area (Å²) in [6.45, 7) is 4.09. The number of thioether (sulfide) groups is 1. The number of methoxy groups -OCH3 is 1. The molecule has 0 atom stereocenters. The molecule has 4 rings (SSSR count). The van der Waals surface area contributed by atoms with Crippen molar-refractivity contribution in [3.05, 3.63) is 82.8 Å². The molecule has 0 saturated carbocycles. The Balaban J connectivity index is 1.45. The number of thiocarbonyl (C=S) groups is 1. The van der Waals surface area contributed by atoms with Crippen molar-refractivity contribution in [3.8, 4) is 17.2 Å². The van der Waals surface area contributed by atoms with Crippen LogP contribution >= 0.6 is 24.0 Å². The number of nitrogens with one attached hydrogen (secondary N) is 1. The topological polar surface area (TPSA) is 77.1 Å². The first-order valence-corrected chi connectivity index (χ1v) is 12.8. The Labute approximate surface area is 225 Å². The van der Waals surface area contributed by atoms with Gasteiger partial charge in [0.2, 0.25) is 0 Å². The van der Waals surface area contributed by atoms with Crippen molar-refractivity contribution in [2.24, 2.45) is 0 Å². The Morgan fingerprint density at radius 3 is 2.54 bits per heavy atom. The standard InChI is InChI=1S/C28H26N2O5S2/c1-4-34-22-12-8-6-10-20(22)29-26(31)17-35-23-14-13-19(15-24(23)33-3)16-25-27(32)30(28(36)37-25)21-11-7-5-9-18(21)2/h5-16H,4,17H2,1-3H3,(H,29,31)/b25-16+. The predicted octanol–water partition coefficient (Wildman–Crippen LogP) is 5.83. The van der Waals surface area contributed by atoms with Crippen molar-refractivity contribution in [2.45, 2.75) is 13.8 Å². The maximum atomic E-state index is 13.1. The third-order valence-corrected chi connectivity index (χ3v) is 6.76. The quantitative estimate of drug-likeness (QED) is 0.274. The summed E-state index contributed by atoms with van der Waals surface area (Å²) in [4.78, 5) is 27.7. The summed E-state index contributed by atoms with van der Waals surface area (Å²) in [5.41, 5.74) is 3.05. The third kappa shape index (κ3) is 6.12. The van der Waals surface area contributed by atoms with Crippen molar-refractivity contribution < 1.29 is 23.8 Å². The zero-order chi connectivity index (χ0) is 26.4. The molecule has 2 amide bonds. The van der Waals surface area contributed by atoms with Crippen LogP contribution in [0.4, 0.5) is 11.4 Å². The van der Waals surface area contributed by atoms with Crippen LogP contribution in [0.15, 0.2) is 71.6 Å². The summed E-state index contributed by atoms with van der Waals surface area (Å²) in [5.74, 6) is 0.921. The molecule has 1 saturated heterocycles. The van der Waals surface area contributed by atoms with E-state index in [9.17, 15) is 9.59 Å². The van der Waals surface area contributed by atoms with Gasteiger partial charge in [-0.25, -0.2) is 0 Å². The summed E-state index contributed by atoms with van der Waals surface area (Å²) in [5, 5.41) is 2.80. The zero-order valence-corrected chi connectivity index (χ0v) is 22.3. The second-order valence-electron chi connectivity index (χ2n) is 7.98. The van der Waals surface area contributed by atoms with Gasteiger partial charge in [-0.1, -0.05) is 60.4 Å². The first-order valence-electron chi connectivity index (χ1n) is 11.6. The normalized spacial score (nSPS) is 14.1. The van der Waals surface area contributed by atoms with E-state index in [-0.39, 0.29) is 18.4 Å². The molecule has 0 radical (unpaired) electrons. The van der Waals surface area contributed by atoms with Crippen LogP contribution in [0.25, 0.3) is 6.08 Å². The Bertz CT molecular complexity index is 1370. The van der Waals surface area contributed by atoms with Crippen LogP contribution in [0.3, 0.4) is 0 Å². The molecule has 9 heteroatoms. The van der Waals surface area contributed by atoms with Crippen LogP contribution < -0.4 is 24.4 Å². The minimum Gasteiger partial charge on any atom is -0.493 e. The lowest BCUT2D eigenvalue weighted by molar-refractivity contribution is -0.118. The summed E-state index contributed by atoms with van der Waals surface area (Å²) < 4.78 is 17.2. The fraction of sp³-hybridized carbons (Fsp3) is 0.179. The molecule has 0 aromatic heterocycles. The first kappa shape index (κ1) is 26.2. The minimum absolute atomic E-state index is 0.174. The molecule has 0 bridgehead atoms. The van der Waals surface area contributed by atoms with E-state index < -0.39 is 0 Å². The van der Waals surface area contributed by atoms with Gasteiger partial charge in [0.15, 0.2) is 22.4 Å². The zero-order valence-electron chi connectivity index (χ0n) is 20.6. The smallest absolute Gasteiger partial charge is 0.270 e. The maximum absolute atomic E-state index is 13.1. The van der Waals surface area contributed by atoms with Crippen LogP contribution in [-0.4, -0.2) is 36.5 Å². The lowest BCUT2D eigenvalue weighted by Crippen LogP contribution is -2.28. The molecular formula is C28H26N2O5S2. The number of anilines is 2. The molecule has 1 aliphatic heterocycles. The van der Waals surface area contributed by atoms with Crippen molar-refractivity contribution in [1.82, 2.24) is 0 Å². The van der Waals surface area contributed by atoms with Gasteiger partial charge in [0.1, 0.15) is 5.75 Å². The second kappa shape index (κ2) is 11.9. The fourth-order valence-electron chi connectivity index (χ4n) is 3.72. The Hall–Kier alpha value is -3.82. The number of hydrogen-bond donors (Lipinski definition) is 1. The van der Waals surface area contributed by atoms with Crippen molar-refractivity contribution in [1.29, 1.82) is 0 Å². The van der Waals surface area contributed by atoms with Gasteiger partial charge in [-0.15, -0.1) is 0 Å². The highest BCUT2D eigenvalue weighted by Gasteiger charge is 2.34. The SMILES string of the molecule is CCOc1ccccc1NC(=O)COc1ccc(/C=C2/SC(=S)N(c3ccccc3C)C2=O)cc1OC. The van der Waals surface area contributed by atoms with Gasteiger partial charge in [0, 0.05) is 0 Å². The number of ether oxygens (including phenoxy) is 3. The number of rotatable bonds is 9. The number of hydrogen-bond acceptors (Lipinski definition) is 7. The van der Waals surface area contributed by atoms with Gasteiger partial charge in [0.05, 0.1) is 30.0 Å². The molecule has 1 N–H and O–H groups in total. The monoisotopic (exact) mass is 534 g/mol. The number of para-hydroxylation sites is 3. The van der Waals surface area contributed by atoms with Crippen LogP contribution in [0.2, 0.25) is 0 Å². The largest absolute Gasteiger partial charge is 0.493 e. The van der Waals surface area contributed by atoms with Crippen LogP contribution in [0.5, 0.6) is 17.2 Å². The number of carbonyl (C=O) groups excluding carboxylic acids is 2. The molecule has 7 nitrogen and oxygen atoms in total. The van der Waals surface area contributed by atoms with Gasteiger partial charge >= 0.3 is 0 Å². The van der Waals surface area contributed by atoms with E-state index in [1.807, 2.05) is 50.2 Å². The number of carbonyl (C=O) groups is 2. The highest BCUT2D eigenvalue weighted by atomic mass is 32.2. The molecule has 1 heterocycles. The number of aryl methyl sites for hydroxylation is 1. The minimum atomic E-state index is -0.335. The number of amides is 2. The van der Waals surface area contributed by atoms with E-state index in [2.05, 4.69) is 5.32 Å². The summed E-state index contributed by atoms with van der Waals surface area (Å²) >= 11 is 6.74. The van der Waals surface area contributed by atoms with Crippen molar-refractivity contribution in [3.63, 3.8) is 0 Å². The second-order valence-corrected chi connectivity index (χ2v) is 9.66. The molecule has 0 aliphatic carbocycles. The lowest BCUT2D eigenvalue weighted by Gasteiger charge is -2.16. The molecular weight excluding hydrogens is 508 g/mol. The van der Waals surface area contributed by atoms with E-state index >= 15 is 0 Å². The molecule has 3 aromatic rings. The lowest BCUT2D eigenvalue weighted by atomic mass is 10.1. The van der Waals surface area contributed by atoms with E-state index in [0.29, 0.717) is 38.8 Å². The van der Waals surface area contributed by atoms with E-state index in [0.717, 1.165) is 16.8 Å². The van der Waals surface area contributed by atoms with Crippen LogP contribution in [0.1, 0.15) is 18.1 Å². The molecule has 3 aromatic carbocycles. The summed E-state index contributed by atoms with van der Waals surface area (Å²) in [7, 11) is 1.52. The first-order chi connectivity index (χ1) is 17.9.